The van der Waals surface area contributed by atoms with Crippen LogP contribution in [-0.2, 0) is 0 Å². The minimum absolute atomic E-state index is 0.219. The van der Waals surface area contributed by atoms with E-state index >= 15 is 0 Å². The number of anilines is 2. The molecule has 19 heavy (non-hydrogen) atoms. The molecule has 0 saturated heterocycles. The summed E-state index contributed by atoms with van der Waals surface area (Å²) in [4.78, 5) is 12.8. The number of para-hydroxylation sites is 1. The van der Waals surface area contributed by atoms with Crippen molar-refractivity contribution in [2.24, 2.45) is 0 Å². The highest BCUT2D eigenvalue weighted by Gasteiger charge is 2.32. The third-order valence-corrected chi connectivity index (χ3v) is 3.50. The van der Waals surface area contributed by atoms with Crippen LogP contribution in [0.3, 0.4) is 0 Å². The zero-order chi connectivity index (χ0) is 14.0. The quantitative estimate of drug-likeness (QED) is 0.653. The second-order valence-corrected chi connectivity index (χ2v) is 5.27. The number of nitrogens with one attached hydrogen (secondary N) is 1. The molecule has 0 bridgehead atoms. The van der Waals surface area contributed by atoms with Gasteiger partial charge in [0.1, 0.15) is 11.4 Å². The van der Waals surface area contributed by atoms with Gasteiger partial charge in [0.25, 0.3) is 0 Å². The highest BCUT2D eigenvalue weighted by molar-refractivity contribution is 5.80. The SMILES string of the molecule is COc1cccc2c1NCN2CCC(C)(C)[N+](=O)[O-]. The van der Waals surface area contributed by atoms with Gasteiger partial charge in [0.2, 0.25) is 5.54 Å². The molecule has 0 atom stereocenters. The Labute approximate surface area is 112 Å². The van der Waals surface area contributed by atoms with Crippen LogP contribution in [-0.4, -0.2) is 30.8 Å². The van der Waals surface area contributed by atoms with Gasteiger partial charge in [0, 0.05) is 31.7 Å². The molecule has 1 aromatic rings. The number of ether oxygens (including phenoxy) is 1. The van der Waals surface area contributed by atoms with Gasteiger partial charge in [-0.25, -0.2) is 0 Å². The topological polar surface area (TPSA) is 67.6 Å². The first-order chi connectivity index (χ1) is 8.95. The zero-order valence-electron chi connectivity index (χ0n) is 11.5. The van der Waals surface area contributed by atoms with Crippen LogP contribution in [0.15, 0.2) is 18.2 Å². The molecule has 0 amide bonds. The van der Waals surface area contributed by atoms with Crippen molar-refractivity contribution in [2.45, 2.75) is 25.8 Å². The smallest absolute Gasteiger partial charge is 0.218 e. The van der Waals surface area contributed by atoms with Gasteiger partial charge in [-0.15, -0.1) is 0 Å². The second kappa shape index (κ2) is 4.95. The van der Waals surface area contributed by atoms with Gasteiger partial charge in [-0.05, 0) is 12.1 Å². The Hall–Kier alpha value is -1.98. The van der Waals surface area contributed by atoms with Crippen LogP contribution < -0.4 is 15.0 Å². The van der Waals surface area contributed by atoms with E-state index in [1.54, 1.807) is 21.0 Å². The summed E-state index contributed by atoms with van der Waals surface area (Å²) in [7, 11) is 1.63. The van der Waals surface area contributed by atoms with Gasteiger partial charge in [0.15, 0.2) is 0 Å². The van der Waals surface area contributed by atoms with Crippen molar-refractivity contribution in [3.8, 4) is 5.75 Å². The molecule has 0 unspecified atom stereocenters. The molecule has 1 aliphatic rings. The predicted octanol–water partition coefficient (Wildman–Crippen LogP) is 2.33. The Bertz CT molecular complexity index is 488. The summed E-state index contributed by atoms with van der Waals surface area (Å²) in [6, 6.07) is 5.82. The van der Waals surface area contributed by atoms with Gasteiger partial charge < -0.3 is 15.0 Å². The normalized spacial score (nSPS) is 13.9. The van der Waals surface area contributed by atoms with E-state index < -0.39 is 5.54 Å². The van der Waals surface area contributed by atoms with E-state index in [1.807, 2.05) is 18.2 Å². The van der Waals surface area contributed by atoms with Crippen LogP contribution in [0.5, 0.6) is 5.75 Å². The fraction of sp³-hybridized carbons (Fsp3) is 0.538. The highest BCUT2D eigenvalue weighted by Crippen LogP contribution is 2.39. The highest BCUT2D eigenvalue weighted by atomic mass is 16.6. The maximum atomic E-state index is 10.9. The number of nitro groups is 1. The second-order valence-electron chi connectivity index (χ2n) is 5.27. The van der Waals surface area contributed by atoms with Gasteiger partial charge in [0.05, 0.1) is 19.5 Å². The van der Waals surface area contributed by atoms with Gasteiger partial charge in [-0.3, -0.25) is 10.1 Å². The van der Waals surface area contributed by atoms with Crippen molar-refractivity contribution in [2.75, 3.05) is 30.5 Å². The van der Waals surface area contributed by atoms with E-state index in [0.717, 1.165) is 17.1 Å². The molecule has 1 heterocycles. The van der Waals surface area contributed by atoms with Crippen molar-refractivity contribution in [1.29, 1.82) is 0 Å². The molecule has 6 heteroatoms. The Kier molecular flexibility index (Phi) is 3.50. The van der Waals surface area contributed by atoms with Gasteiger partial charge >= 0.3 is 0 Å². The van der Waals surface area contributed by atoms with Crippen LogP contribution in [0, 0.1) is 10.1 Å². The van der Waals surface area contributed by atoms with E-state index in [9.17, 15) is 10.1 Å². The standard InChI is InChI=1S/C13H19N3O3/c1-13(2,16(17)18)7-8-15-9-14-12-10(15)5-4-6-11(12)19-3/h4-6,14H,7-9H2,1-3H3. The van der Waals surface area contributed by atoms with E-state index in [-0.39, 0.29) is 4.92 Å². The molecule has 1 N–H and O–H groups in total. The van der Waals surface area contributed by atoms with E-state index in [1.165, 1.54) is 0 Å². The first kappa shape index (κ1) is 13.5. The van der Waals surface area contributed by atoms with Crippen LogP contribution >= 0.6 is 0 Å². The van der Waals surface area contributed by atoms with Crippen molar-refractivity contribution in [3.05, 3.63) is 28.3 Å². The number of hydrogen-bond donors (Lipinski definition) is 1. The van der Waals surface area contributed by atoms with Gasteiger partial charge in [-0.1, -0.05) is 6.07 Å². The summed E-state index contributed by atoms with van der Waals surface area (Å²) in [5, 5.41) is 14.2. The van der Waals surface area contributed by atoms with Crippen LogP contribution in [0.25, 0.3) is 0 Å². The predicted molar refractivity (Wildman–Crippen MR) is 74.5 cm³/mol. The third-order valence-electron chi connectivity index (χ3n) is 3.50. The molecule has 0 fully saturated rings. The molecule has 104 valence electrons. The average molecular weight is 265 g/mol. The fourth-order valence-electron chi connectivity index (χ4n) is 2.09. The summed E-state index contributed by atoms with van der Waals surface area (Å²) < 4.78 is 5.29. The Morgan fingerprint density at radius 2 is 2.26 bits per heavy atom. The molecule has 0 aliphatic carbocycles. The molecule has 0 aromatic heterocycles. The minimum Gasteiger partial charge on any atom is -0.495 e. The van der Waals surface area contributed by atoms with E-state index in [4.69, 9.17) is 4.74 Å². The molecule has 0 spiro atoms. The molecular weight excluding hydrogens is 246 g/mol. The summed E-state index contributed by atoms with van der Waals surface area (Å²) in [6.45, 7) is 4.61. The maximum absolute atomic E-state index is 10.9. The Morgan fingerprint density at radius 3 is 2.89 bits per heavy atom. The van der Waals surface area contributed by atoms with Crippen molar-refractivity contribution in [3.63, 3.8) is 0 Å². The molecule has 0 radical (unpaired) electrons. The van der Waals surface area contributed by atoms with Crippen LogP contribution in [0.1, 0.15) is 20.3 Å². The number of rotatable bonds is 5. The molecule has 0 saturated carbocycles. The molecule has 2 rings (SSSR count). The third kappa shape index (κ3) is 2.57. The Balaban J connectivity index is 2.09. The lowest BCUT2D eigenvalue weighted by molar-refractivity contribution is -0.561. The first-order valence-electron chi connectivity index (χ1n) is 6.26. The lowest BCUT2D eigenvalue weighted by atomic mass is 10.0. The molecular formula is C13H19N3O3. The van der Waals surface area contributed by atoms with E-state index in [0.29, 0.717) is 19.6 Å². The van der Waals surface area contributed by atoms with Crippen LogP contribution in [0.2, 0.25) is 0 Å². The lowest BCUT2D eigenvalue weighted by Crippen LogP contribution is -2.36. The van der Waals surface area contributed by atoms with E-state index in [2.05, 4.69) is 10.2 Å². The summed E-state index contributed by atoms with van der Waals surface area (Å²) in [5.74, 6) is 0.800. The number of methoxy groups -OCH3 is 1. The van der Waals surface area contributed by atoms with Crippen molar-refractivity contribution >= 4 is 11.4 Å². The molecule has 1 aliphatic heterocycles. The summed E-state index contributed by atoms with van der Waals surface area (Å²) in [5.41, 5.74) is 1.10. The average Bonchev–Trinajstić information content (AvgIpc) is 2.79. The number of nitrogens with zero attached hydrogens (tertiary/aromatic N) is 2. The fourth-order valence-corrected chi connectivity index (χ4v) is 2.09. The van der Waals surface area contributed by atoms with Crippen molar-refractivity contribution < 1.29 is 9.66 Å². The van der Waals surface area contributed by atoms with Crippen molar-refractivity contribution in [1.82, 2.24) is 0 Å². The monoisotopic (exact) mass is 265 g/mol. The minimum atomic E-state index is -0.901. The summed E-state index contributed by atoms with van der Waals surface area (Å²) >= 11 is 0. The largest absolute Gasteiger partial charge is 0.495 e. The zero-order valence-corrected chi connectivity index (χ0v) is 11.5. The number of benzene rings is 1. The summed E-state index contributed by atoms with van der Waals surface area (Å²) in [6.07, 6.45) is 0.498. The molecule has 6 nitrogen and oxygen atoms in total. The first-order valence-corrected chi connectivity index (χ1v) is 6.26. The maximum Gasteiger partial charge on any atom is 0.218 e. The number of hydrogen-bond acceptors (Lipinski definition) is 5. The molecule has 1 aromatic carbocycles. The number of fused-ring (bicyclic) bond motifs is 1. The van der Waals surface area contributed by atoms with Gasteiger partial charge in [-0.2, -0.15) is 0 Å². The lowest BCUT2D eigenvalue weighted by Gasteiger charge is -2.22. The Morgan fingerprint density at radius 1 is 1.53 bits per heavy atom. The van der Waals surface area contributed by atoms with Crippen LogP contribution in [0.4, 0.5) is 11.4 Å².